The molecule has 8 heteroatoms. The van der Waals surface area contributed by atoms with Crippen LogP contribution in [-0.4, -0.2) is 35.2 Å². The molecule has 25 heavy (non-hydrogen) atoms. The molecule has 2 aromatic rings. The van der Waals surface area contributed by atoms with Crippen LogP contribution < -0.4 is 11.1 Å². The van der Waals surface area contributed by atoms with E-state index < -0.39 is 5.41 Å². The van der Waals surface area contributed by atoms with Crippen molar-refractivity contribution < 1.29 is 9.53 Å². The minimum Gasteiger partial charge on any atom is -0.381 e. The van der Waals surface area contributed by atoms with E-state index in [-0.39, 0.29) is 30.7 Å². The van der Waals surface area contributed by atoms with Gasteiger partial charge in [-0.05, 0) is 30.5 Å². The highest BCUT2D eigenvalue weighted by atomic mass is 35.5. The Morgan fingerprint density at radius 3 is 2.72 bits per heavy atom. The Morgan fingerprint density at radius 2 is 2.08 bits per heavy atom. The van der Waals surface area contributed by atoms with E-state index in [2.05, 4.69) is 10.3 Å². The van der Waals surface area contributed by atoms with Crippen molar-refractivity contribution in [3.05, 3.63) is 48.5 Å². The van der Waals surface area contributed by atoms with Gasteiger partial charge in [0.25, 0.3) is 0 Å². The second-order valence-corrected chi connectivity index (χ2v) is 5.92. The van der Waals surface area contributed by atoms with E-state index in [0.29, 0.717) is 39.1 Å². The number of hydrogen-bond donors (Lipinski definition) is 2. The zero-order valence-electron chi connectivity index (χ0n) is 13.9. The van der Waals surface area contributed by atoms with Gasteiger partial charge in [0.05, 0.1) is 11.7 Å². The molecule has 138 valence electrons. The first kappa shape index (κ1) is 21.4. The van der Waals surface area contributed by atoms with Crippen molar-refractivity contribution in [1.82, 2.24) is 14.9 Å². The molecule has 1 aliphatic rings. The van der Waals surface area contributed by atoms with Crippen LogP contribution in [0.2, 0.25) is 0 Å². The molecule has 0 spiro atoms. The highest BCUT2D eigenvalue weighted by molar-refractivity contribution is 5.85. The Labute approximate surface area is 160 Å². The van der Waals surface area contributed by atoms with Crippen molar-refractivity contribution >= 4 is 30.7 Å². The maximum atomic E-state index is 12.6. The van der Waals surface area contributed by atoms with E-state index >= 15 is 0 Å². The summed E-state index contributed by atoms with van der Waals surface area (Å²) < 4.78 is 7.29. The molecular formula is C17H24Cl2N4O2. The predicted octanol–water partition coefficient (Wildman–Crippen LogP) is 2.09. The highest BCUT2D eigenvalue weighted by Gasteiger charge is 2.38. The number of ether oxygens (including phenoxy) is 1. The summed E-state index contributed by atoms with van der Waals surface area (Å²) in [5.41, 5.74) is 7.45. The van der Waals surface area contributed by atoms with Gasteiger partial charge in [0.2, 0.25) is 5.91 Å². The monoisotopic (exact) mass is 386 g/mol. The predicted molar refractivity (Wildman–Crippen MR) is 101 cm³/mol. The zero-order valence-corrected chi connectivity index (χ0v) is 15.5. The number of nitrogens with zero attached hydrogens (tertiary/aromatic N) is 2. The van der Waals surface area contributed by atoms with Gasteiger partial charge in [-0.2, -0.15) is 0 Å². The number of halogens is 2. The Morgan fingerprint density at radius 1 is 1.32 bits per heavy atom. The SMILES string of the molecule is Cl.Cl.NCC1(C(=O)NCc2cccc(-n3ccnc3)c2)CCOCC1. The number of rotatable bonds is 5. The normalized spacial score (nSPS) is 15.6. The van der Waals surface area contributed by atoms with E-state index in [9.17, 15) is 4.79 Å². The van der Waals surface area contributed by atoms with Crippen LogP contribution in [0.1, 0.15) is 18.4 Å². The van der Waals surface area contributed by atoms with Crippen LogP contribution in [0.4, 0.5) is 0 Å². The van der Waals surface area contributed by atoms with E-state index in [1.165, 1.54) is 0 Å². The van der Waals surface area contributed by atoms with Gasteiger partial charge in [-0.3, -0.25) is 4.79 Å². The first-order valence-corrected chi connectivity index (χ1v) is 7.87. The van der Waals surface area contributed by atoms with Crippen molar-refractivity contribution in [2.24, 2.45) is 11.1 Å². The summed E-state index contributed by atoms with van der Waals surface area (Å²) >= 11 is 0. The summed E-state index contributed by atoms with van der Waals surface area (Å²) in [7, 11) is 0. The Bertz CT molecular complexity index is 658. The van der Waals surface area contributed by atoms with E-state index in [4.69, 9.17) is 10.5 Å². The maximum Gasteiger partial charge on any atom is 0.227 e. The Hall–Kier alpha value is -1.60. The number of hydrogen-bond acceptors (Lipinski definition) is 4. The van der Waals surface area contributed by atoms with Crippen LogP contribution in [0.15, 0.2) is 43.0 Å². The molecule has 1 aliphatic heterocycles. The largest absolute Gasteiger partial charge is 0.381 e. The topological polar surface area (TPSA) is 82.2 Å². The molecule has 3 N–H and O–H groups in total. The van der Waals surface area contributed by atoms with Crippen LogP contribution in [0.25, 0.3) is 5.69 Å². The van der Waals surface area contributed by atoms with Crippen LogP contribution in [-0.2, 0) is 16.1 Å². The second kappa shape index (κ2) is 9.77. The zero-order chi connectivity index (χ0) is 16.1. The number of carbonyl (C=O) groups excluding carboxylic acids is 1. The minimum absolute atomic E-state index is 0. The summed E-state index contributed by atoms with van der Waals surface area (Å²) in [4.78, 5) is 16.6. The number of amides is 1. The summed E-state index contributed by atoms with van der Waals surface area (Å²) in [6.07, 6.45) is 6.76. The van der Waals surface area contributed by atoms with E-state index in [1.54, 1.807) is 12.5 Å². The third-order valence-corrected chi connectivity index (χ3v) is 4.49. The fourth-order valence-electron chi connectivity index (χ4n) is 2.89. The lowest BCUT2D eigenvalue weighted by atomic mass is 9.79. The van der Waals surface area contributed by atoms with Gasteiger partial charge >= 0.3 is 0 Å². The van der Waals surface area contributed by atoms with Crippen molar-refractivity contribution in [3.63, 3.8) is 0 Å². The molecule has 2 heterocycles. The molecule has 0 aliphatic carbocycles. The number of aromatic nitrogens is 2. The number of imidazole rings is 1. The molecule has 3 rings (SSSR count). The molecule has 1 aromatic heterocycles. The van der Waals surface area contributed by atoms with Gasteiger partial charge in [-0.1, -0.05) is 12.1 Å². The van der Waals surface area contributed by atoms with E-state index in [0.717, 1.165) is 11.3 Å². The summed E-state index contributed by atoms with van der Waals surface area (Å²) in [5.74, 6) is 0.0244. The molecule has 6 nitrogen and oxygen atoms in total. The number of nitrogens with two attached hydrogens (primary N) is 1. The number of carbonyl (C=O) groups is 1. The second-order valence-electron chi connectivity index (χ2n) is 5.92. The lowest BCUT2D eigenvalue weighted by Crippen LogP contribution is -2.48. The average Bonchev–Trinajstić information content (AvgIpc) is 3.15. The van der Waals surface area contributed by atoms with Crippen LogP contribution >= 0.6 is 24.8 Å². The fraction of sp³-hybridized carbons (Fsp3) is 0.412. The molecule has 0 unspecified atom stereocenters. The van der Waals surface area contributed by atoms with Crippen LogP contribution in [0.5, 0.6) is 0 Å². The summed E-state index contributed by atoms with van der Waals surface area (Å²) in [6, 6.07) is 8.03. The molecule has 0 radical (unpaired) electrons. The maximum absolute atomic E-state index is 12.6. The minimum atomic E-state index is -0.486. The van der Waals surface area contributed by atoms with Crippen molar-refractivity contribution in [2.75, 3.05) is 19.8 Å². The third-order valence-electron chi connectivity index (χ3n) is 4.49. The average molecular weight is 387 g/mol. The van der Waals surface area contributed by atoms with Crippen molar-refractivity contribution in [1.29, 1.82) is 0 Å². The van der Waals surface area contributed by atoms with Gasteiger partial charge in [-0.15, -0.1) is 24.8 Å². The van der Waals surface area contributed by atoms with Gasteiger partial charge in [0, 0.05) is 44.4 Å². The molecule has 1 saturated heterocycles. The molecular weight excluding hydrogens is 363 g/mol. The molecule has 0 atom stereocenters. The molecule has 1 aromatic carbocycles. The standard InChI is InChI=1S/C17H22N4O2.2ClH/c18-12-17(4-8-23-9-5-17)16(22)20-11-14-2-1-3-15(10-14)21-7-6-19-13-21;;/h1-3,6-7,10,13H,4-5,8-9,11-12,18H2,(H,20,22);2*1H. The Kier molecular flexibility index (Phi) is 8.38. The lowest BCUT2D eigenvalue weighted by molar-refractivity contribution is -0.136. The first-order chi connectivity index (χ1) is 11.2. The molecule has 1 amide bonds. The quantitative estimate of drug-likeness (QED) is 0.823. The lowest BCUT2D eigenvalue weighted by Gasteiger charge is -2.34. The van der Waals surface area contributed by atoms with Crippen molar-refractivity contribution in [2.45, 2.75) is 19.4 Å². The third kappa shape index (κ3) is 4.95. The highest BCUT2D eigenvalue weighted by Crippen LogP contribution is 2.29. The molecule has 0 saturated carbocycles. The molecule has 0 bridgehead atoms. The number of nitrogens with one attached hydrogen (secondary N) is 1. The molecule has 1 fully saturated rings. The first-order valence-electron chi connectivity index (χ1n) is 7.87. The van der Waals surface area contributed by atoms with Crippen molar-refractivity contribution in [3.8, 4) is 5.69 Å². The van der Waals surface area contributed by atoms with E-state index in [1.807, 2.05) is 35.0 Å². The van der Waals surface area contributed by atoms with Crippen LogP contribution in [0, 0.1) is 5.41 Å². The van der Waals surface area contributed by atoms with Crippen LogP contribution in [0.3, 0.4) is 0 Å². The van der Waals surface area contributed by atoms with Gasteiger partial charge < -0.3 is 20.4 Å². The van der Waals surface area contributed by atoms with Gasteiger partial charge in [-0.25, -0.2) is 4.98 Å². The van der Waals surface area contributed by atoms with Gasteiger partial charge in [0.15, 0.2) is 0 Å². The Balaban J connectivity index is 0.00000156. The smallest absolute Gasteiger partial charge is 0.227 e. The number of benzene rings is 1. The summed E-state index contributed by atoms with van der Waals surface area (Å²) in [5, 5.41) is 3.03. The fourth-order valence-corrected chi connectivity index (χ4v) is 2.89. The van der Waals surface area contributed by atoms with Gasteiger partial charge in [0.1, 0.15) is 0 Å². The summed E-state index contributed by atoms with van der Waals surface area (Å²) in [6.45, 7) is 2.04.